The first kappa shape index (κ1) is 18.8. The highest BCUT2D eigenvalue weighted by molar-refractivity contribution is 6.32. The lowest BCUT2D eigenvalue weighted by atomic mass is 10.2. The van der Waals surface area contributed by atoms with E-state index in [0.29, 0.717) is 22.2 Å². The van der Waals surface area contributed by atoms with E-state index in [9.17, 15) is 13.6 Å². The fourth-order valence-electron chi connectivity index (χ4n) is 2.11. The Morgan fingerprint density at radius 2 is 1.80 bits per heavy atom. The average molecular weight is 371 g/mol. The van der Waals surface area contributed by atoms with Gasteiger partial charge in [-0.1, -0.05) is 11.6 Å². The molecule has 0 radical (unpaired) electrons. The smallest absolute Gasteiger partial charge is 0.226 e. The first-order chi connectivity index (χ1) is 11.9. The van der Waals surface area contributed by atoms with Gasteiger partial charge in [0.15, 0.2) is 0 Å². The normalized spacial score (nSPS) is 10.3. The number of benzene rings is 2. The molecule has 0 saturated carbocycles. The van der Waals surface area contributed by atoms with Crippen LogP contribution in [0.25, 0.3) is 0 Å². The van der Waals surface area contributed by atoms with Gasteiger partial charge in [0, 0.05) is 31.2 Å². The molecule has 0 atom stereocenters. The molecule has 0 aliphatic carbocycles. The van der Waals surface area contributed by atoms with Crippen molar-refractivity contribution in [3.63, 3.8) is 0 Å². The topological polar surface area (TPSA) is 59.6 Å². The summed E-state index contributed by atoms with van der Waals surface area (Å²) in [5.41, 5.74) is 0.529. The van der Waals surface area contributed by atoms with Gasteiger partial charge < -0.3 is 20.1 Å². The summed E-state index contributed by atoms with van der Waals surface area (Å²) < 4.78 is 36.6. The molecule has 0 unspecified atom stereocenters. The van der Waals surface area contributed by atoms with Crippen molar-refractivity contribution in [2.45, 2.75) is 6.42 Å². The second-order valence-electron chi connectivity index (χ2n) is 5.04. The van der Waals surface area contributed by atoms with E-state index in [1.807, 2.05) is 0 Å². The maximum atomic E-state index is 13.5. The van der Waals surface area contributed by atoms with E-state index in [4.69, 9.17) is 21.1 Å². The number of hydrogen-bond acceptors (Lipinski definition) is 4. The second kappa shape index (κ2) is 8.53. The quantitative estimate of drug-likeness (QED) is 0.771. The molecule has 1 amide bonds. The van der Waals surface area contributed by atoms with Crippen LogP contribution in [0.2, 0.25) is 5.02 Å². The number of ether oxygens (including phenoxy) is 2. The zero-order valence-electron chi connectivity index (χ0n) is 13.7. The maximum absolute atomic E-state index is 13.5. The predicted molar refractivity (Wildman–Crippen MR) is 92.7 cm³/mol. The van der Waals surface area contributed by atoms with Crippen LogP contribution in [0.1, 0.15) is 6.42 Å². The largest absolute Gasteiger partial charge is 0.495 e. The molecular formula is C17H17ClF2N2O3. The Kier molecular flexibility index (Phi) is 6.41. The van der Waals surface area contributed by atoms with E-state index in [0.717, 1.165) is 12.1 Å². The van der Waals surface area contributed by atoms with Crippen LogP contribution in [0.15, 0.2) is 30.3 Å². The molecule has 0 bridgehead atoms. The molecule has 2 rings (SSSR count). The fourth-order valence-corrected chi connectivity index (χ4v) is 2.35. The molecule has 0 aromatic heterocycles. The number of methoxy groups -OCH3 is 2. The number of amides is 1. The first-order valence-electron chi connectivity index (χ1n) is 7.35. The number of hydrogen-bond donors (Lipinski definition) is 2. The summed E-state index contributed by atoms with van der Waals surface area (Å²) >= 11 is 6.00. The van der Waals surface area contributed by atoms with Gasteiger partial charge >= 0.3 is 0 Å². The van der Waals surface area contributed by atoms with Gasteiger partial charge in [0.05, 0.1) is 30.6 Å². The molecular weight excluding hydrogens is 354 g/mol. The monoisotopic (exact) mass is 370 g/mol. The fraction of sp³-hybridized carbons (Fsp3) is 0.235. The van der Waals surface area contributed by atoms with Crippen molar-refractivity contribution in [2.24, 2.45) is 0 Å². The van der Waals surface area contributed by atoms with Crippen LogP contribution in [-0.2, 0) is 4.79 Å². The first-order valence-corrected chi connectivity index (χ1v) is 7.72. The minimum absolute atomic E-state index is 0.0604. The molecule has 25 heavy (non-hydrogen) atoms. The van der Waals surface area contributed by atoms with Crippen molar-refractivity contribution in [1.82, 2.24) is 0 Å². The minimum atomic E-state index is -0.718. The van der Waals surface area contributed by atoms with Crippen LogP contribution in [0.4, 0.5) is 20.2 Å². The predicted octanol–water partition coefficient (Wildman–Crippen LogP) is 4.08. The zero-order valence-corrected chi connectivity index (χ0v) is 14.4. The third-order valence-electron chi connectivity index (χ3n) is 3.35. The molecule has 8 heteroatoms. The van der Waals surface area contributed by atoms with E-state index < -0.39 is 11.6 Å². The lowest BCUT2D eigenvalue weighted by molar-refractivity contribution is -0.116. The van der Waals surface area contributed by atoms with Crippen molar-refractivity contribution < 1.29 is 23.0 Å². The van der Waals surface area contributed by atoms with Gasteiger partial charge in [-0.2, -0.15) is 0 Å². The lowest BCUT2D eigenvalue weighted by Gasteiger charge is -2.13. The van der Waals surface area contributed by atoms with Crippen molar-refractivity contribution in [3.05, 3.63) is 47.0 Å². The van der Waals surface area contributed by atoms with Crippen molar-refractivity contribution in [2.75, 3.05) is 31.4 Å². The standard InChI is InChI=1S/C17H17ClF2N2O3/c1-24-15-9-14(16(25-2)8-11(15)18)22-17(23)5-6-21-13-4-3-10(19)7-12(13)20/h3-4,7-9,21H,5-6H2,1-2H3,(H,22,23). The summed E-state index contributed by atoms with van der Waals surface area (Å²) in [4.78, 5) is 12.1. The molecule has 2 aromatic rings. The number of anilines is 2. The number of nitrogens with one attached hydrogen (secondary N) is 2. The highest BCUT2D eigenvalue weighted by atomic mass is 35.5. The highest BCUT2D eigenvalue weighted by Crippen LogP contribution is 2.35. The Labute approximate surface area is 148 Å². The summed E-state index contributed by atoms with van der Waals surface area (Å²) in [6.45, 7) is 0.168. The van der Waals surface area contributed by atoms with E-state index in [-0.39, 0.29) is 24.6 Å². The van der Waals surface area contributed by atoms with Crippen LogP contribution < -0.4 is 20.1 Å². The Morgan fingerprint density at radius 1 is 1.08 bits per heavy atom. The number of rotatable bonds is 7. The summed E-state index contributed by atoms with van der Waals surface area (Å²) in [5, 5.41) is 5.77. The Balaban J connectivity index is 1.96. The van der Waals surface area contributed by atoms with Gasteiger partial charge in [-0.25, -0.2) is 8.78 Å². The van der Waals surface area contributed by atoms with Crippen LogP contribution in [0, 0.1) is 11.6 Å². The van der Waals surface area contributed by atoms with E-state index in [1.165, 1.54) is 26.4 Å². The molecule has 5 nitrogen and oxygen atoms in total. The third-order valence-corrected chi connectivity index (χ3v) is 3.64. The van der Waals surface area contributed by atoms with Gasteiger partial charge in [-0.3, -0.25) is 4.79 Å². The van der Waals surface area contributed by atoms with E-state index in [2.05, 4.69) is 10.6 Å². The summed E-state index contributed by atoms with van der Waals surface area (Å²) in [5.74, 6) is -0.923. The van der Waals surface area contributed by atoms with Gasteiger partial charge in [-0.15, -0.1) is 0 Å². The average Bonchev–Trinajstić information content (AvgIpc) is 2.58. The Hall–Kier alpha value is -2.54. The molecule has 0 saturated heterocycles. The van der Waals surface area contributed by atoms with Crippen LogP contribution in [-0.4, -0.2) is 26.7 Å². The number of halogens is 3. The van der Waals surface area contributed by atoms with Crippen LogP contribution >= 0.6 is 11.6 Å². The third kappa shape index (κ3) is 4.96. The van der Waals surface area contributed by atoms with Crippen molar-refractivity contribution in [1.29, 1.82) is 0 Å². The minimum Gasteiger partial charge on any atom is -0.495 e. The maximum Gasteiger partial charge on any atom is 0.226 e. The molecule has 0 fully saturated rings. The summed E-state index contributed by atoms with van der Waals surface area (Å²) in [7, 11) is 2.91. The molecule has 0 aliphatic rings. The number of carbonyl (C=O) groups is 1. The van der Waals surface area contributed by atoms with E-state index in [1.54, 1.807) is 6.07 Å². The van der Waals surface area contributed by atoms with Gasteiger partial charge in [0.2, 0.25) is 5.91 Å². The van der Waals surface area contributed by atoms with Gasteiger partial charge in [-0.05, 0) is 12.1 Å². The van der Waals surface area contributed by atoms with Crippen molar-refractivity contribution in [3.8, 4) is 11.5 Å². The SMILES string of the molecule is COc1cc(NC(=O)CCNc2ccc(F)cc2F)c(OC)cc1Cl. The Bertz CT molecular complexity index is 772. The zero-order chi connectivity index (χ0) is 18.4. The van der Waals surface area contributed by atoms with Gasteiger partial charge in [0.25, 0.3) is 0 Å². The van der Waals surface area contributed by atoms with Crippen LogP contribution in [0.3, 0.4) is 0 Å². The lowest BCUT2D eigenvalue weighted by Crippen LogP contribution is -2.17. The molecule has 2 aromatic carbocycles. The van der Waals surface area contributed by atoms with E-state index >= 15 is 0 Å². The summed E-state index contributed by atoms with van der Waals surface area (Å²) in [6, 6.07) is 6.26. The molecule has 2 N–H and O–H groups in total. The van der Waals surface area contributed by atoms with Crippen molar-refractivity contribution >= 4 is 28.9 Å². The molecule has 134 valence electrons. The highest BCUT2D eigenvalue weighted by Gasteiger charge is 2.12. The van der Waals surface area contributed by atoms with Crippen LogP contribution in [0.5, 0.6) is 11.5 Å². The molecule has 0 heterocycles. The molecule has 0 aliphatic heterocycles. The molecule has 0 spiro atoms. The summed E-state index contributed by atoms with van der Waals surface area (Å²) in [6.07, 6.45) is 0.0604. The second-order valence-corrected chi connectivity index (χ2v) is 5.44. The number of carbonyl (C=O) groups excluding carboxylic acids is 1. The van der Waals surface area contributed by atoms with Gasteiger partial charge in [0.1, 0.15) is 23.1 Å². The Morgan fingerprint density at radius 3 is 2.44 bits per heavy atom.